The molecular formula is C25H30ClN3O2. The predicted molar refractivity (Wildman–Crippen MR) is 129 cm³/mol. The lowest BCUT2D eigenvalue weighted by Gasteiger charge is -2.38. The third-order valence-electron chi connectivity index (χ3n) is 5.84. The summed E-state index contributed by atoms with van der Waals surface area (Å²) in [7, 11) is 1.66. The molecule has 1 aliphatic rings. The second kappa shape index (κ2) is 10.6. The van der Waals surface area contributed by atoms with Crippen LogP contribution < -0.4 is 15.5 Å². The van der Waals surface area contributed by atoms with Gasteiger partial charge < -0.3 is 20.3 Å². The van der Waals surface area contributed by atoms with E-state index in [4.69, 9.17) is 4.74 Å². The molecule has 5 nitrogen and oxygen atoms in total. The second-order valence-electron chi connectivity index (χ2n) is 7.75. The minimum absolute atomic E-state index is 0. The van der Waals surface area contributed by atoms with E-state index in [9.17, 15) is 4.79 Å². The van der Waals surface area contributed by atoms with Gasteiger partial charge in [0.15, 0.2) is 0 Å². The predicted octanol–water partition coefficient (Wildman–Crippen LogP) is 4.18. The minimum Gasteiger partial charge on any atom is -0.377 e. The van der Waals surface area contributed by atoms with Crippen LogP contribution in [0.1, 0.15) is 28.9 Å². The van der Waals surface area contributed by atoms with Gasteiger partial charge in [0.25, 0.3) is 5.91 Å². The first-order valence-electron chi connectivity index (χ1n) is 10.5. The van der Waals surface area contributed by atoms with E-state index in [0.717, 1.165) is 18.8 Å². The SMILES string of the molecule is CNC(=O)c1cccc(N2CCOCC2CN[C@H](C)c2cccc3ccccc23)c1.Cl. The van der Waals surface area contributed by atoms with Crippen LogP contribution in [-0.4, -0.2) is 45.3 Å². The van der Waals surface area contributed by atoms with Crippen molar-refractivity contribution in [2.24, 2.45) is 0 Å². The van der Waals surface area contributed by atoms with Crippen LogP contribution in [0.3, 0.4) is 0 Å². The lowest BCUT2D eigenvalue weighted by atomic mass is 9.99. The number of halogens is 1. The fourth-order valence-electron chi connectivity index (χ4n) is 4.18. The molecule has 0 bridgehead atoms. The highest BCUT2D eigenvalue weighted by Crippen LogP contribution is 2.25. The quantitative estimate of drug-likeness (QED) is 0.605. The van der Waals surface area contributed by atoms with Crippen molar-refractivity contribution in [1.29, 1.82) is 0 Å². The number of hydrogen-bond donors (Lipinski definition) is 2. The van der Waals surface area contributed by atoms with Gasteiger partial charge in [-0.15, -0.1) is 12.4 Å². The Kier molecular flexibility index (Phi) is 7.91. The molecule has 1 amide bonds. The summed E-state index contributed by atoms with van der Waals surface area (Å²) in [6, 6.07) is 23.2. The van der Waals surface area contributed by atoms with Crippen molar-refractivity contribution < 1.29 is 9.53 Å². The topological polar surface area (TPSA) is 53.6 Å². The molecule has 2 atom stereocenters. The van der Waals surface area contributed by atoms with Crippen molar-refractivity contribution in [3.8, 4) is 0 Å². The lowest BCUT2D eigenvalue weighted by Crippen LogP contribution is -2.51. The van der Waals surface area contributed by atoms with E-state index in [1.165, 1.54) is 16.3 Å². The average molecular weight is 440 g/mol. The van der Waals surface area contributed by atoms with Crippen LogP contribution in [-0.2, 0) is 4.74 Å². The van der Waals surface area contributed by atoms with Crippen molar-refractivity contribution in [2.75, 3.05) is 38.3 Å². The van der Waals surface area contributed by atoms with Crippen molar-refractivity contribution in [3.05, 3.63) is 77.9 Å². The molecule has 4 rings (SSSR count). The monoisotopic (exact) mass is 439 g/mol. The van der Waals surface area contributed by atoms with Gasteiger partial charge in [0.1, 0.15) is 0 Å². The average Bonchev–Trinajstić information content (AvgIpc) is 2.82. The molecule has 164 valence electrons. The first kappa shape index (κ1) is 23.1. The number of carbonyl (C=O) groups excluding carboxylic acids is 1. The summed E-state index contributed by atoms with van der Waals surface area (Å²) in [4.78, 5) is 14.4. The van der Waals surface area contributed by atoms with E-state index in [2.05, 4.69) is 71.0 Å². The highest BCUT2D eigenvalue weighted by atomic mass is 35.5. The van der Waals surface area contributed by atoms with Gasteiger partial charge >= 0.3 is 0 Å². The van der Waals surface area contributed by atoms with Crippen LogP contribution >= 0.6 is 12.4 Å². The molecule has 2 N–H and O–H groups in total. The van der Waals surface area contributed by atoms with Gasteiger partial charge in [0.05, 0.1) is 19.3 Å². The number of fused-ring (bicyclic) bond motifs is 1. The van der Waals surface area contributed by atoms with Crippen molar-refractivity contribution in [2.45, 2.75) is 19.0 Å². The Hall–Kier alpha value is -2.60. The Morgan fingerprint density at radius 1 is 1.13 bits per heavy atom. The summed E-state index contributed by atoms with van der Waals surface area (Å²) in [5, 5.41) is 8.96. The summed E-state index contributed by atoms with van der Waals surface area (Å²) >= 11 is 0. The number of nitrogens with one attached hydrogen (secondary N) is 2. The van der Waals surface area contributed by atoms with Crippen LogP contribution in [0.4, 0.5) is 5.69 Å². The standard InChI is InChI=1S/C25H29N3O2.ClH/c1-18(23-12-6-8-19-7-3-4-11-24(19)23)27-16-22-17-30-14-13-28(22)21-10-5-9-20(15-21)25(29)26-2;/h3-12,15,18,22,27H,13-14,16-17H2,1-2H3,(H,26,29);1H/t18-,22?;/m1./s1. The maximum Gasteiger partial charge on any atom is 0.251 e. The van der Waals surface area contributed by atoms with Crippen LogP contribution in [0.2, 0.25) is 0 Å². The first-order valence-corrected chi connectivity index (χ1v) is 10.5. The van der Waals surface area contributed by atoms with E-state index in [1.54, 1.807) is 7.05 Å². The highest BCUT2D eigenvalue weighted by Gasteiger charge is 2.24. The van der Waals surface area contributed by atoms with Gasteiger partial charge in [-0.2, -0.15) is 0 Å². The Balaban J connectivity index is 0.00000272. The molecule has 0 spiro atoms. The number of carbonyl (C=O) groups is 1. The second-order valence-corrected chi connectivity index (χ2v) is 7.75. The smallest absolute Gasteiger partial charge is 0.251 e. The summed E-state index contributed by atoms with van der Waals surface area (Å²) in [6.45, 7) is 5.18. The van der Waals surface area contributed by atoms with E-state index in [1.807, 2.05) is 18.2 Å². The number of rotatable bonds is 6. The number of anilines is 1. The van der Waals surface area contributed by atoms with Crippen LogP contribution in [0, 0.1) is 0 Å². The number of ether oxygens (including phenoxy) is 1. The van der Waals surface area contributed by atoms with Gasteiger partial charge in [-0.25, -0.2) is 0 Å². The molecule has 1 fully saturated rings. The minimum atomic E-state index is -0.0654. The van der Waals surface area contributed by atoms with Crippen molar-refractivity contribution in [1.82, 2.24) is 10.6 Å². The number of hydrogen-bond acceptors (Lipinski definition) is 4. The van der Waals surface area contributed by atoms with Gasteiger partial charge in [0.2, 0.25) is 0 Å². The fourth-order valence-corrected chi connectivity index (χ4v) is 4.18. The zero-order valence-corrected chi connectivity index (χ0v) is 18.8. The molecule has 0 saturated carbocycles. The number of benzene rings is 3. The zero-order chi connectivity index (χ0) is 20.9. The highest BCUT2D eigenvalue weighted by molar-refractivity contribution is 5.95. The Morgan fingerprint density at radius 2 is 1.90 bits per heavy atom. The first-order chi connectivity index (χ1) is 14.7. The molecule has 6 heteroatoms. The molecule has 0 aliphatic carbocycles. The molecule has 1 unspecified atom stereocenters. The van der Waals surface area contributed by atoms with Gasteiger partial charge in [-0.05, 0) is 41.5 Å². The lowest BCUT2D eigenvalue weighted by molar-refractivity contribution is 0.0930. The number of morpholine rings is 1. The maximum absolute atomic E-state index is 12.0. The Morgan fingerprint density at radius 3 is 2.74 bits per heavy atom. The van der Waals surface area contributed by atoms with Crippen LogP contribution in [0.25, 0.3) is 10.8 Å². The zero-order valence-electron chi connectivity index (χ0n) is 18.0. The molecule has 3 aromatic rings. The summed E-state index contributed by atoms with van der Waals surface area (Å²) in [6.07, 6.45) is 0. The third-order valence-corrected chi connectivity index (χ3v) is 5.84. The molecule has 3 aromatic carbocycles. The van der Waals surface area contributed by atoms with Gasteiger partial charge in [0, 0.05) is 37.4 Å². The Labute approximate surface area is 190 Å². The third kappa shape index (κ3) is 5.18. The molecule has 1 saturated heterocycles. The maximum atomic E-state index is 12.0. The van der Waals surface area contributed by atoms with E-state index < -0.39 is 0 Å². The molecule has 1 heterocycles. The summed E-state index contributed by atoms with van der Waals surface area (Å²) in [5.74, 6) is -0.0654. The molecular weight excluding hydrogens is 410 g/mol. The normalized spacial score (nSPS) is 17.1. The summed E-state index contributed by atoms with van der Waals surface area (Å²) < 4.78 is 5.78. The van der Waals surface area contributed by atoms with Crippen molar-refractivity contribution in [3.63, 3.8) is 0 Å². The van der Waals surface area contributed by atoms with E-state index in [-0.39, 0.29) is 30.4 Å². The van der Waals surface area contributed by atoms with E-state index >= 15 is 0 Å². The van der Waals surface area contributed by atoms with Crippen LogP contribution in [0.5, 0.6) is 0 Å². The van der Waals surface area contributed by atoms with Gasteiger partial charge in [-0.1, -0.05) is 48.5 Å². The molecule has 31 heavy (non-hydrogen) atoms. The van der Waals surface area contributed by atoms with Crippen LogP contribution in [0.15, 0.2) is 66.7 Å². The number of nitrogens with zero attached hydrogens (tertiary/aromatic N) is 1. The summed E-state index contributed by atoms with van der Waals surface area (Å²) in [5.41, 5.74) is 3.04. The molecule has 0 radical (unpaired) electrons. The largest absolute Gasteiger partial charge is 0.377 e. The van der Waals surface area contributed by atoms with E-state index in [0.29, 0.717) is 18.8 Å². The fraction of sp³-hybridized carbons (Fsp3) is 0.320. The van der Waals surface area contributed by atoms with Crippen molar-refractivity contribution >= 4 is 34.8 Å². The number of amides is 1. The Bertz CT molecular complexity index is 1020. The van der Waals surface area contributed by atoms with Gasteiger partial charge in [-0.3, -0.25) is 4.79 Å². The molecule has 1 aliphatic heterocycles. The molecule has 0 aromatic heterocycles.